The second-order valence-corrected chi connectivity index (χ2v) is 7.78. The molecule has 1 aliphatic rings. The van der Waals surface area contributed by atoms with E-state index in [1.54, 1.807) is 49.2 Å². The van der Waals surface area contributed by atoms with Crippen LogP contribution < -0.4 is 24.8 Å². The van der Waals surface area contributed by atoms with Gasteiger partial charge in [-0.3, -0.25) is 19.0 Å². The number of aromatic nitrogens is 4. The second kappa shape index (κ2) is 8.89. The van der Waals surface area contributed by atoms with Crippen LogP contribution in [0, 0.1) is 6.92 Å². The van der Waals surface area contributed by atoms with Crippen molar-refractivity contribution in [1.29, 1.82) is 0 Å². The molecule has 0 fully saturated rings. The summed E-state index contributed by atoms with van der Waals surface area (Å²) in [7, 11) is 3.39. The first-order chi connectivity index (χ1) is 16.9. The molecule has 2 amide bonds. The van der Waals surface area contributed by atoms with Gasteiger partial charge in [-0.15, -0.1) is 0 Å². The number of furan rings is 1. The van der Waals surface area contributed by atoms with Crippen LogP contribution in [0.25, 0.3) is 0 Å². The maximum atomic E-state index is 12.9. The van der Waals surface area contributed by atoms with Crippen molar-refractivity contribution in [3.05, 3.63) is 65.6 Å². The summed E-state index contributed by atoms with van der Waals surface area (Å²) in [5, 5.41) is 13.7. The lowest BCUT2D eigenvalue weighted by atomic mass is 10.3. The van der Waals surface area contributed by atoms with Crippen molar-refractivity contribution in [2.45, 2.75) is 13.5 Å². The molecule has 4 aromatic rings. The fraction of sp³-hybridized carbons (Fsp3) is 0.217. The van der Waals surface area contributed by atoms with E-state index >= 15 is 0 Å². The Bertz CT molecular complexity index is 1420. The highest BCUT2D eigenvalue weighted by molar-refractivity contribution is 6.11. The van der Waals surface area contributed by atoms with Gasteiger partial charge in [0.2, 0.25) is 6.79 Å². The number of amides is 2. The van der Waals surface area contributed by atoms with Gasteiger partial charge >= 0.3 is 0 Å². The van der Waals surface area contributed by atoms with Crippen molar-refractivity contribution in [3.8, 4) is 17.2 Å². The van der Waals surface area contributed by atoms with Gasteiger partial charge in [-0.2, -0.15) is 10.2 Å². The molecule has 12 heteroatoms. The summed E-state index contributed by atoms with van der Waals surface area (Å²) < 4.78 is 25.0. The zero-order valence-corrected chi connectivity index (χ0v) is 19.2. The highest BCUT2D eigenvalue weighted by Crippen LogP contribution is 2.35. The Morgan fingerprint density at radius 1 is 0.971 bits per heavy atom. The predicted octanol–water partition coefficient (Wildman–Crippen LogP) is 2.87. The molecule has 0 atom stereocenters. The summed E-state index contributed by atoms with van der Waals surface area (Å²) in [6.45, 7) is 2.12. The summed E-state index contributed by atoms with van der Waals surface area (Å²) in [5.41, 5.74) is 1.77. The van der Waals surface area contributed by atoms with E-state index in [-0.39, 0.29) is 30.5 Å². The van der Waals surface area contributed by atoms with E-state index in [1.807, 2.05) is 6.92 Å². The minimum atomic E-state index is -0.529. The molecule has 180 valence electrons. The molecule has 35 heavy (non-hydrogen) atoms. The van der Waals surface area contributed by atoms with Gasteiger partial charge in [0.15, 0.2) is 17.3 Å². The summed E-state index contributed by atoms with van der Waals surface area (Å²) in [4.78, 5) is 25.6. The molecule has 4 heterocycles. The van der Waals surface area contributed by atoms with E-state index in [1.165, 1.54) is 16.9 Å². The van der Waals surface area contributed by atoms with Crippen LogP contribution in [-0.2, 0) is 20.7 Å². The maximum absolute atomic E-state index is 12.9. The fourth-order valence-electron chi connectivity index (χ4n) is 3.48. The first-order valence-corrected chi connectivity index (χ1v) is 10.6. The van der Waals surface area contributed by atoms with E-state index in [2.05, 4.69) is 20.8 Å². The Kier molecular flexibility index (Phi) is 5.61. The first kappa shape index (κ1) is 22.1. The Labute approximate surface area is 199 Å². The quantitative estimate of drug-likeness (QED) is 0.414. The van der Waals surface area contributed by atoms with E-state index < -0.39 is 11.8 Å². The summed E-state index contributed by atoms with van der Waals surface area (Å²) in [5.74, 6) is 1.39. The standard InChI is InChI=1S/C23H22N6O6/c1-13-16(9-24-28(13)2)26-23(31)21-17(10-25-29(21)3)27-22(30)19-7-5-15(35-19)11-32-14-4-6-18-20(8-14)34-12-33-18/h4-10H,11-12H2,1-3H3,(H,26,31)(H,27,30). The van der Waals surface area contributed by atoms with Crippen molar-refractivity contribution in [2.24, 2.45) is 14.1 Å². The zero-order chi connectivity index (χ0) is 24.5. The van der Waals surface area contributed by atoms with Crippen LogP contribution >= 0.6 is 0 Å². The summed E-state index contributed by atoms with van der Waals surface area (Å²) in [6, 6.07) is 8.41. The number of carbonyl (C=O) groups is 2. The molecule has 0 bridgehead atoms. The van der Waals surface area contributed by atoms with Crippen LogP contribution in [0.5, 0.6) is 17.2 Å². The van der Waals surface area contributed by atoms with Crippen molar-refractivity contribution in [1.82, 2.24) is 19.6 Å². The van der Waals surface area contributed by atoms with E-state index in [4.69, 9.17) is 18.6 Å². The highest BCUT2D eigenvalue weighted by atomic mass is 16.7. The number of hydrogen-bond acceptors (Lipinski definition) is 8. The van der Waals surface area contributed by atoms with Crippen molar-refractivity contribution < 1.29 is 28.2 Å². The van der Waals surface area contributed by atoms with Crippen molar-refractivity contribution in [2.75, 3.05) is 17.4 Å². The van der Waals surface area contributed by atoms with Crippen molar-refractivity contribution >= 4 is 23.2 Å². The Balaban J connectivity index is 1.23. The average Bonchev–Trinajstić information content (AvgIpc) is 3.63. The molecule has 1 aromatic carbocycles. The van der Waals surface area contributed by atoms with Crippen LogP contribution in [0.2, 0.25) is 0 Å². The number of fused-ring (bicyclic) bond motifs is 1. The van der Waals surface area contributed by atoms with Gasteiger partial charge in [-0.05, 0) is 31.2 Å². The molecule has 0 radical (unpaired) electrons. The minimum Gasteiger partial charge on any atom is -0.486 e. The highest BCUT2D eigenvalue weighted by Gasteiger charge is 2.22. The number of aryl methyl sites for hydroxylation is 2. The zero-order valence-electron chi connectivity index (χ0n) is 19.2. The number of hydrogen-bond donors (Lipinski definition) is 2. The van der Waals surface area contributed by atoms with Crippen molar-refractivity contribution in [3.63, 3.8) is 0 Å². The van der Waals surface area contributed by atoms with Gasteiger partial charge in [0, 0.05) is 20.2 Å². The minimum absolute atomic E-state index is 0.0626. The third-order valence-corrected chi connectivity index (χ3v) is 5.50. The molecule has 0 saturated carbocycles. The number of anilines is 2. The van der Waals surface area contributed by atoms with Crippen LogP contribution in [0.3, 0.4) is 0 Å². The van der Waals surface area contributed by atoms with Gasteiger partial charge in [-0.1, -0.05) is 0 Å². The Morgan fingerprint density at radius 2 is 1.71 bits per heavy atom. The first-order valence-electron chi connectivity index (χ1n) is 10.6. The number of nitrogens with zero attached hydrogens (tertiary/aromatic N) is 4. The number of nitrogens with one attached hydrogen (secondary N) is 2. The van der Waals surface area contributed by atoms with E-state index in [0.717, 1.165) is 5.69 Å². The number of carbonyl (C=O) groups excluding carboxylic acids is 2. The lowest BCUT2D eigenvalue weighted by Gasteiger charge is -2.08. The molecule has 0 aliphatic carbocycles. The van der Waals surface area contributed by atoms with Gasteiger partial charge < -0.3 is 29.3 Å². The summed E-state index contributed by atoms with van der Waals surface area (Å²) >= 11 is 0. The monoisotopic (exact) mass is 478 g/mol. The number of benzene rings is 1. The Hall–Kier alpha value is -4.74. The van der Waals surface area contributed by atoms with Gasteiger partial charge in [0.1, 0.15) is 23.8 Å². The number of ether oxygens (including phenoxy) is 3. The molecule has 5 rings (SSSR count). The largest absolute Gasteiger partial charge is 0.486 e. The normalized spacial score (nSPS) is 12.0. The van der Waals surface area contributed by atoms with Crippen LogP contribution in [0.1, 0.15) is 32.5 Å². The molecule has 3 aromatic heterocycles. The lowest BCUT2D eigenvalue weighted by Crippen LogP contribution is -2.20. The average molecular weight is 478 g/mol. The van der Waals surface area contributed by atoms with Gasteiger partial charge in [0.05, 0.1) is 29.5 Å². The van der Waals surface area contributed by atoms with Crippen LogP contribution in [-0.4, -0.2) is 38.2 Å². The molecule has 2 N–H and O–H groups in total. The third-order valence-electron chi connectivity index (χ3n) is 5.50. The van der Waals surface area contributed by atoms with E-state index in [0.29, 0.717) is 28.7 Å². The van der Waals surface area contributed by atoms with E-state index in [9.17, 15) is 9.59 Å². The lowest BCUT2D eigenvalue weighted by molar-refractivity contribution is 0.0992. The molecular formula is C23H22N6O6. The topological polar surface area (TPSA) is 135 Å². The third kappa shape index (κ3) is 4.40. The Morgan fingerprint density at radius 3 is 2.51 bits per heavy atom. The second-order valence-electron chi connectivity index (χ2n) is 7.78. The fourth-order valence-corrected chi connectivity index (χ4v) is 3.48. The molecule has 0 saturated heterocycles. The maximum Gasteiger partial charge on any atom is 0.291 e. The number of rotatable bonds is 7. The molecule has 1 aliphatic heterocycles. The van der Waals surface area contributed by atoms with Crippen LogP contribution in [0.15, 0.2) is 47.1 Å². The predicted molar refractivity (Wildman–Crippen MR) is 123 cm³/mol. The van der Waals surface area contributed by atoms with Crippen LogP contribution in [0.4, 0.5) is 11.4 Å². The molecule has 0 unspecified atom stereocenters. The molecular weight excluding hydrogens is 456 g/mol. The molecule has 12 nitrogen and oxygen atoms in total. The van der Waals surface area contributed by atoms with Gasteiger partial charge in [-0.25, -0.2) is 0 Å². The SMILES string of the molecule is Cc1c(NC(=O)c2c(NC(=O)c3ccc(COc4ccc5c(c4)OCO5)o3)cnn2C)cnn1C. The van der Waals surface area contributed by atoms with Gasteiger partial charge in [0.25, 0.3) is 11.8 Å². The summed E-state index contributed by atoms with van der Waals surface area (Å²) in [6.07, 6.45) is 2.95. The molecule has 0 spiro atoms. The smallest absolute Gasteiger partial charge is 0.291 e.